The minimum Gasteiger partial charge on any atom is -0.370 e. The smallest absolute Gasteiger partial charge is 0.244 e. The van der Waals surface area contributed by atoms with Crippen molar-refractivity contribution in [3.05, 3.63) is 35.9 Å². The molecule has 0 aromatic heterocycles. The topological polar surface area (TPSA) is 61.9 Å². The molecule has 0 spiro atoms. The second-order valence-corrected chi connectivity index (χ2v) is 6.24. The molecule has 5 nitrogen and oxygen atoms in total. The van der Waals surface area contributed by atoms with E-state index in [-0.39, 0.29) is 12.5 Å². The molecule has 5 heteroatoms. The fourth-order valence-corrected chi connectivity index (χ4v) is 2.77. The summed E-state index contributed by atoms with van der Waals surface area (Å²) < 4.78 is 0. The second-order valence-electron chi connectivity index (χ2n) is 6.24. The van der Waals surface area contributed by atoms with E-state index >= 15 is 0 Å². The third-order valence-electron chi connectivity index (χ3n) is 4.43. The maximum atomic E-state index is 12.4. The molecule has 0 aliphatic carbocycles. The number of amides is 1. The lowest BCUT2D eigenvalue weighted by Gasteiger charge is -2.31. The molecule has 0 radical (unpaired) electrons. The van der Waals surface area contributed by atoms with Gasteiger partial charge in [-0.25, -0.2) is 4.99 Å². The number of nitrogens with zero attached hydrogens (tertiary/aromatic N) is 3. The van der Waals surface area contributed by atoms with Gasteiger partial charge in [-0.05, 0) is 31.2 Å². The molecule has 126 valence electrons. The van der Waals surface area contributed by atoms with Crippen LogP contribution in [0.5, 0.6) is 0 Å². The van der Waals surface area contributed by atoms with Crippen molar-refractivity contribution in [3.8, 4) is 0 Å². The number of likely N-dealkylation sites (N-methyl/N-ethyl adjacent to an activating group) is 1. The van der Waals surface area contributed by atoms with Crippen molar-refractivity contribution in [2.75, 3.05) is 26.2 Å². The SMILES string of the molecule is CCN(Cc1ccccc1)C(=O)CN=C(N)N1CCC(C)CC1. The zero-order valence-electron chi connectivity index (χ0n) is 14.2. The van der Waals surface area contributed by atoms with Crippen molar-refractivity contribution < 1.29 is 4.79 Å². The van der Waals surface area contributed by atoms with Gasteiger partial charge in [0.15, 0.2) is 5.96 Å². The molecule has 1 fully saturated rings. The highest BCUT2D eigenvalue weighted by molar-refractivity contribution is 5.84. The highest BCUT2D eigenvalue weighted by Gasteiger charge is 2.18. The quantitative estimate of drug-likeness (QED) is 0.668. The summed E-state index contributed by atoms with van der Waals surface area (Å²) in [4.78, 5) is 20.6. The van der Waals surface area contributed by atoms with Crippen molar-refractivity contribution in [2.45, 2.75) is 33.2 Å². The molecule has 0 unspecified atom stereocenters. The summed E-state index contributed by atoms with van der Waals surface area (Å²) >= 11 is 0. The van der Waals surface area contributed by atoms with Gasteiger partial charge < -0.3 is 15.5 Å². The number of benzene rings is 1. The summed E-state index contributed by atoms with van der Waals surface area (Å²) in [7, 11) is 0. The molecule has 0 atom stereocenters. The number of hydrogen-bond acceptors (Lipinski definition) is 2. The van der Waals surface area contributed by atoms with E-state index in [2.05, 4.69) is 16.8 Å². The van der Waals surface area contributed by atoms with Crippen molar-refractivity contribution >= 4 is 11.9 Å². The molecule has 2 N–H and O–H groups in total. The molecule has 1 aliphatic rings. The minimum atomic E-state index is 0.0182. The molecule has 2 rings (SSSR count). The standard InChI is InChI=1S/C18H28N4O/c1-3-21(14-16-7-5-4-6-8-16)17(23)13-20-18(19)22-11-9-15(2)10-12-22/h4-8,15H,3,9-14H2,1-2H3,(H2,19,20). The summed E-state index contributed by atoms with van der Waals surface area (Å²) in [6.07, 6.45) is 2.28. The van der Waals surface area contributed by atoms with Gasteiger partial charge in [0, 0.05) is 26.2 Å². The Labute approximate surface area is 139 Å². The van der Waals surface area contributed by atoms with Crippen LogP contribution in [0.25, 0.3) is 0 Å². The van der Waals surface area contributed by atoms with Gasteiger partial charge >= 0.3 is 0 Å². The Morgan fingerprint density at radius 2 is 1.96 bits per heavy atom. The van der Waals surface area contributed by atoms with Crippen molar-refractivity contribution in [3.63, 3.8) is 0 Å². The van der Waals surface area contributed by atoms with Gasteiger partial charge in [0.25, 0.3) is 0 Å². The van der Waals surface area contributed by atoms with Crippen LogP contribution in [0.4, 0.5) is 0 Å². The third-order valence-corrected chi connectivity index (χ3v) is 4.43. The number of piperidine rings is 1. The van der Waals surface area contributed by atoms with E-state index in [1.807, 2.05) is 42.2 Å². The minimum absolute atomic E-state index is 0.0182. The third kappa shape index (κ3) is 5.27. The van der Waals surface area contributed by atoms with E-state index in [0.29, 0.717) is 19.0 Å². The summed E-state index contributed by atoms with van der Waals surface area (Å²) in [6.45, 7) is 7.53. The first-order valence-electron chi connectivity index (χ1n) is 8.46. The van der Waals surface area contributed by atoms with Crippen LogP contribution in [-0.2, 0) is 11.3 Å². The highest BCUT2D eigenvalue weighted by atomic mass is 16.2. The number of carbonyl (C=O) groups excluding carboxylic acids is 1. The molecule has 1 heterocycles. The van der Waals surface area contributed by atoms with Gasteiger partial charge in [-0.1, -0.05) is 37.3 Å². The van der Waals surface area contributed by atoms with Gasteiger partial charge in [-0.2, -0.15) is 0 Å². The second kappa shape index (κ2) is 8.56. The molecule has 23 heavy (non-hydrogen) atoms. The van der Waals surface area contributed by atoms with E-state index in [9.17, 15) is 4.79 Å². The first-order chi connectivity index (χ1) is 11.1. The molecule has 1 aromatic rings. The number of aliphatic imine (C=N–C) groups is 1. The zero-order valence-corrected chi connectivity index (χ0v) is 14.2. The van der Waals surface area contributed by atoms with Gasteiger partial charge in [-0.3, -0.25) is 4.79 Å². The Balaban J connectivity index is 1.87. The number of likely N-dealkylation sites (tertiary alicyclic amines) is 1. The predicted molar refractivity (Wildman–Crippen MR) is 94.0 cm³/mol. The molecule has 0 saturated carbocycles. The van der Waals surface area contributed by atoms with Crippen LogP contribution in [0.1, 0.15) is 32.3 Å². The lowest BCUT2D eigenvalue weighted by molar-refractivity contribution is -0.130. The van der Waals surface area contributed by atoms with Crippen LogP contribution in [0.2, 0.25) is 0 Å². The zero-order chi connectivity index (χ0) is 16.7. The molecular weight excluding hydrogens is 288 g/mol. The average molecular weight is 316 g/mol. The van der Waals surface area contributed by atoms with Crippen molar-refractivity contribution in [1.82, 2.24) is 9.80 Å². The van der Waals surface area contributed by atoms with Gasteiger partial charge in [-0.15, -0.1) is 0 Å². The molecule has 1 aromatic carbocycles. The summed E-state index contributed by atoms with van der Waals surface area (Å²) in [5, 5.41) is 0. The molecule has 1 saturated heterocycles. The largest absolute Gasteiger partial charge is 0.370 e. The van der Waals surface area contributed by atoms with Crippen molar-refractivity contribution in [1.29, 1.82) is 0 Å². The Morgan fingerprint density at radius 1 is 1.30 bits per heavy atom. The summed E-state index contributed by atoms with van der Waals surface area (Å²) in [6, 6.07) is 10.0. The van der Waals surface area contributed by atoms with Gasteiger partial charge in [0.05, 0.1) is 0 Å². The Morgan fingerprint density at radius 3 is 2.57 bits per heavy atom. The molecule has 1 amide bonds. The lowest BCUT2D eigenvalue weighted by Crippen LogP contribution is -2.43. The fourth-order valence-electron chi connectivity index (χ4n) is 2.77. The maximum absolute atomic E-state index is 12.4. The highest BCUT2D eigenvalue weighted by Crippen LogP contribution is 2.15. The average Bonchev–Trinajstić information content (AvgIpc) is 2.58. The number of carbonyl (C=O) groups is 1. The van der Waals surface area contributed by atoms with Crippen LogP contribution in [0, 0.1) is 5.92 Å². The molecule has 1 aliphatic heterocycles. The predicted octanol–water partition coefficient (Wildman–Crippen LogP) is 2.08. The number of guanidine groups is 1. The van der Waals surface area contributed by atoms with E-state index in [1.54, 1.807) is 0 Å². The first kappa shape index (κ1) is 17.3. The fraction of sp³-hybridized carbons (Fsp3) is 0.556. The van der Waals surface area contributed by atoms with Crippen LogP contribution in [-0.4, -0.2) is 47.8 Å². The molecule has 0 bridgehead atoms. The van der Waals surface area contributed by atoms with Gasteiger partial charge in [0.1, 0.15) is 6.54 Å². The van der Waals surface area contributed by atoms with E-state index < -0.39 is 0 Å². The Bertz CT molecular complexity index is 521. The van der Waals surface area contributed by atoms with Gasteiger partial charge in [0.2, 0.25) is 5.91 Å². The van der Waals surface area contributed by atoms with Crippen LogP contribution < -0.4 is 5.73 Å². The number of rotatable bonds is 5. The molecular formula is C18H28N4O. The maximum Gasteiger partial charge on any atom is 0.244 e. The summed E-state index contributed by atoms with van der Waals surface area (Å²) in [5.74, 6) is 1.27. The normalized spacial score (nSPS) is 16.4. The first-order valence-corrected chi connectivity index (χ1v) is 8.46. The van der Waals surface area contributed by atoms with Crippen LogP contribution in [0.3, 0.4) is 0 Å². The van der Waals surface area contributed by atoms with E-state index in [0.717, 1.165) is 37.4 Å². The van der Waals surface area contributed by atoms with Crippen LogP contribution in [0.15, 0.2) is 35.3 Å². The van der Waals surface area contributed by atoms with E-state index in [4.69, 9.17) is 5.73 Å². The lowest BCUT2D eigenvalue weighted by atomic mass is 10.00. The Kier molecular flexibility index (Phi) is 6.44. The Hall–Kier alpha value is -2.04. The number of hydrogen-bond donors (Lipinski definition) is 1. The van der Waals surface area contributed by atoms with Crippen molar-refractivity contribution in [2.24, 2.45) is 16.6 Å². The monoisotopic (exact) mass is 316 g/mol. The summed E-state index contributed by atoms with van der Waals surface area (Å²) in [5.41, 5.74) is 7.17. The van der Waals surface area contributed by atoms with Crippen LogP contribution >= 0.6 is 0 Å². The van der Waals surface area contributed by atoms with E-state index in [1.165, 1.54) is 0 Å². The number of nitrogens with two attached hydrogens (primary N) is 1.